The van der Waals surface area contributed by atoms with Crippen molar-refractivity contribution in [1.82, 2.24) is 0 Å². The van der Waals surface area contributed by atoms with Crippen molar-refractivity contribution in [2.45, 2.75) is 23.2 Å². The van der Waals surface area contributed by atoms with Crippen LogP contribution in [-0.4, -0.2) is 15.4 Å². The molecule has 1 rings (SSSR count). The summed E-state index contributed by atoms with van der Waals surface area (Å²) in [6.45, 7) is 3.08. The van der Waals surface area contributed by atoms with Crippen LogP contribution in [0.5, 0.6) is 0 Å². The summed E-state index contributed by atoms with van der Waals surface area (Å²) < 4.78 is 3.48. The minimum Gasteiger partial charge on any atom is -0.452 e. The van der Waals surface area contributed by atoms with Crippen molar-refractivity contribution < 1.29 is 9.53 Å². The standard InChI is InChI=1S/C11H11Cl3O2/c1-10(2,11(12,13)14)16-9(15)8-6-4-3-5-7-8/h3-7H,1-2H3. The van der Waals surface area contributed by atoms with Gasteiger partial charge in [0.15, 0.2) is 5.60 Å². The van der Waals surface area contributed by atoms with Crippen molar-refractivity contribution in [2.24, 2.45) is 0 Å². The van der Waals surface area contributed by atoms with Crippen LogP contribution in [0.4, 0.5) is 0 Å². The van der Waals surface area contributed by atoms with Gasteiger partial charge in [0.25, 0.3) is 0 Å². The molecule has 88 valence electrons. The van der Waals surface area contributed by atoms with Gasteiger partial charge in [0.2, 0.25) is 3.79 Å². The summed E-state index contributed by atoms with van der Waals surface area (Å²) >= 11 is 17.1. The maximum Gasteiger partial charge on any atom is 0.338 e. The molecule has 0 aliphatic heterocycles. The molecule has 5 heteroatoms. The van der Waals surface area contributed by atoms with Gasteiger partial charge in [0, 0.05) is 0 Å². The maximum absolute atomic E-state index is 11.7. The molecule has 0 unspecified atom stereocenters. The van der Waals surface area contributed by atoms with Crippen LogP contribution in [0, 0.1) is 0 Å². The van der Waals surface area contributed by atoms with Crippen LogP contribution in [0.2, 0.25) is 0 Å². The fourth-order valence-electron chi connectivity index (χ4n) is 0.923. The molecular weight excluding hydrogens is 270 g/mol. The fraction of sp³-hybridized carbons (Fsp3) is 0.364. The number of alkyl halides is 3. The second-order valence-electron chi connectivity index (χ2n) is 3.76. The molecule has 0 N–H and O–H groups in total. The van der Waals surface area contributed by atoms with Crippen LogP contribution >= 0.6 is 34.8 Å². The summed E-state index contributed by atoms with van der Waals surface area (Å²) in [5, 5.41) is 0. The lowest BCUT2D eigenvalue weighted by molar-refractivity contribution is 0.000690. The number of hydrogen-bond donors (Lipinski definition) is 0. The molecule has 0 saturated carbocycles. The third-order valence-corrected chi connectivity index (χ3v) is 3.41. The Kier molecular flexibility index (Phi) is 4.11. The largest absolute Gasteiger partial charge is 0.452 e. The van der Waals surface area contributed by atoms with Crippen LogP contribution in [0.25, 0.3) is 0 Å². The van der Waals surface area contributed by atoms with Gasteiger partial charge in [-0.1, -0.05) is 53.0 Å². The lowest BCUT2D eigenvalue weighted by Crippen LogP contribution is -2.41. The van der Waals surface area contributed by atoms with E-state index in [0.29, 0.717) is 5.56 Å². The summed E-state index contributed by atoms with van der Waals surface area (Å²) in [5.74, 6) is -0.517. The highest BCUT2D eigenvalue weighted by Crippen LogP contribution is 2.40. The molecule has 1 aromatic carbocycles. The molecule has 0 amide bonds. The zero-order valence-corrected chi connectivity index (χ0v) is 11.1. The summed E-state index contributed by atoms with van der Waals surface area (Å²) in [6, 6.07) is 8.54. The van der Waals surface area contributed by atoms with Gasteiger partial charge < -0.3 is 4.74 Å². The van der Waals surface area contributed by atoms with Crippen LogP contribution in [0.15, 0.2) is 30.3 Å². The van der Waals surface area contributed by atoms with Gasteiger partial charge in [-0.15, -0.1) is 0 Å². The first kappa shape index (κ1) is 13.6. The van der Waals surface area contributed by atoms with E-state index >= 15 is 0 Å². The summed E-state index contributed by atoms with van der Waals surface area (Å²) in [5.41, 5.74) is -0.769. The highest BCUT2D eigenvalue weighted by Gasteiger charge is 2.44. The lowest BCUT2D eigenvalue weighted by atomic mass is 10.1. The summed E-state index contributed by atoms with van der Waals surface area (Å²) in [4.78, 5) is 11.7. The molecule has 0 spiro atoms. The second kappa shape index (κ2) is 4.82. The number of benzene rings is 1. The zero-order chi connectivity index (χ0) is 12.4. The average molecular weight is 282 g/mol. The van der Waals surface area contributed by atoms with Gasteiger partial charge >= 0.3 is 5.97 Å². The van der Waals surface area contributed by atoms with Crippen molar-refractivity contribution in [3.8, 4) is 0 Å². The SMILES string of the molecule is CC(C)(OC(=O)c1ccccc1)C(Cl)(Cl)Cl. The minimum atomic E-state index is -1.67. The number of esters is 1. The number of carbonyl (C=O) groups excluding carboxylic acids is 1. The molecule has 0 saturated heterocycles. The van der Waals surface area contributed by atoms with Crippen molar-refractivity contribution in [1.29, 1.82) is 0 Å². The van der Waals surface area contributed by atoms with Crippen molar-refractivity contribution in [2.75, 3.05) is 0 Å². The topological polar surface area (TPSA) is 26.3 Å². The van der Waals surface area contributed by atoms with E-state index in [0.717, 1.165) is 0 Å². The molecule has 0 aliphatic carbocycles. The highest BCUT2D eigenvalue weighted by atomic mass is 35.6. The number of rotatable bonds is 2. The monoisotopic (exact) mass is 280 g/mol. The molecule has 0 aliphatic rings. The number of halogens is 3. The normalized spacial score (nSPS) is 12.3. The Morgan fingerprint density at radius 1 is 1.12 bits per heavy atom. The van der Waals surface area contributed by atoms with Gasteiger partial charge in [-0.05, 0) is 26.0 Å². The summed E-state index contributed by atoms with van der Waals surface area (Å²) in [7, 11) is 0. The first-order valence-corrected chi connectivity index (χ1v) is 5.72. The smallest absolute Gasteiger partial charge is 0.338 e. The number of carbonyl (C=O) groups is 1. The first-order chi connectivity index (χ1) is 7.24. The zero-order valence-electron chi connectivity index (χ0n) is 8.84. The number of hydrogen-bond acceptors (Lipinski definition) is 2. The molecular formula is C11H11Cl3O2. The van der Waals surface area contributed by atoms with Gasteiger partial charge in [0.1, 0.15) is 0 Å². The highest BCUT2D eigenvalue weighted by molar-refractivity contribution is 6.68. The van der Waals surface area contributed by atoms with E-state index in [-0.39, 0.29) is 0 Å². The van der Waals surface area contributed by atoms with Crippen molar-refractivity contribution in [3.05, 3.63) is 35.9 Å². The maximum atomic E-state index is 11.7. The quantitative estimate of drug-likeness (QED) is 0.605. The van der Waals surface area contributed by atoms with E-state index in [1.807, 2.05) is 0 Å². The Bertz CT molecular complexity index is 369. The third kappa shape index (κ3) is 3.27. The lowest BCUT2D eigenvalue weighted by Gasteiger charge is -2.31. The Hall–Kier alpha value is -0.440. The Morgan fingerprint density at radius 2 is 1.62 bits per heavy atom. The minimum absolute atomic E-state index is 0.421. The Morgan fingerprint density at radius 3 is 2.06 bits per heavy atom. The van der Waals surface area contributed by atoms with E-state index in [2.05, 4.69) is 0 Å². The predicted molar refractivity (Wildman–Crippen MR) is 66.2 cm³/mol. The Balaban J connectivity index is 2.80. The van der Waals surface area contributed by atoms with Crippen LogP contribution in [0.1, 0.15) is 24.2 Å². The predicted octanol–water partition coefficient (Wildman–Crippen LogP) is 3.99. The van der Waals surface area contributed by atoms with E-state index in [9.17, 15) is 4.79 Å². The van der Waals surface area contributed by atoms with E-state index < -0.39 is 15.4 Å². The van der Waals surface area contributed by atoms with Crippen LogP contribution in [-0.2, 0) is 4.74 Å². The first-order valence-electron chi connectivity index (χ1n) is 4.59. The van der Waals surface area contributed by atoms with Crippen LogP contribution < -0.4 is 0 Å². The van der Waals surface area contributed by atoms with E-state index in [1.165, 1.54) is 0 Å². The second-order valence-corrected chi connectivity index (χ2v) is 6.04. The number of ether oxygens (including phenoxy) is 1. The van der Waals surface area contributed by atoms with Gasteiger partial charge in [-0.3, -0.25) is 0 Å². The third-order valence-electron chi connectivity index (χ3n) is 2.04. The molecule has 0 aromatic heterocycles. The fourth-order valence-corrected chi connectivity index (χ4v) is 1.04. The molecule has 0 atom stereocenters. The van der Waals surface area contributed by atoms with Crippen molar-refractivity contribution >= 4 is 40.8 Å². The Labute approximate surface area is 109 Å². The molecule has 16 heavy (non-hydrogen) atoms. The van der Waals surface area contributed by atoms with E-state index in [4.69, 9.17) is 39.5 Å². The van der Waals surface area contributed by atoms with E-state index in [1.54, 1.807) is 44.2 Å². The molecule has 0 fully saturated rings. The molecule has 0 bridgehead atoms. The average Bonchev–Trinajstić information content (AvgIpc) is 2.16. The van der Waals surface area contributed by atoms with Gasteiger partial charge in [0.05, 0.1) is 5.56 Å². The molecule has 0 heterocycles. The van der Waals surface area contributed by atoms with Gasteiger partial charge in [-0.25, -0.2) is 4.79 Å². The molecule has 2 nitrogen and oxygen atoms in total. The summed E-state index contributed by atoms with van der Waals surface area (Å²) in [6.07, 6.45) is 0. The van der Waals surface area contributed by atoms with Gasteiger partial charge in [-0.2, -0.15) is 0 Å². The van der Waals surface area contributed by atoms with Crippen LogP contribution in [0.3, 0.4) is 0 Å². The molecule has 1 aromatic rings. The van der Waals surface area contributed by atoms with Crippen molar-refractivity contribution in [3.63, 3.8) is 0 Å². The molecule has 0 radical (unpaired) electrons.